The molecule has 0 aliphatic carbocycles. The molecule has 0 fully saturated rings. The second kappa shape index (κ2) is 5.66. The van der Waals surface area contributed by atoms with Crippen LogP contribution in [0.25, 0.3) is 0 Å². The van der Waals surface area contributed by atoms with Crippen LogP contribution in [0.2, 0.25) is 0 Å². The Balaban J connectivity index is 2.10. The van der Waals surface area contributed by atoms with Gasteiger partial charge in [-0.25, -0.2) is 0 Å². The summed E-state index contributed by atoms with van der Waals surface area (Å²) in [5, 5.41) is 0. The van der Waals surface area contributed by atoms with Crippen molar-refractivity contribution in [2.24, 2.45) is 0 Å². The number of para-hydroxylation sites is 1. The summed E-state index contributed by atoms with van der Waals surface area (Å²) in [5.41, 5.74) is 2.27. The van der Waals surface area contributed by atoms with Crippen LogP contribution in [0.5, 0.6) is 23.0 Å². The van der Waals surface area contributed by atoms with Crippen molar-refractivity contribution in [2.75, 3.05) is 21.3 Å². The van der Waals surface area contributed by atoms with Crippen LogP contribution in [0.15, 0.2) is 36.4 Å². The Morgan fingerprint density at radius 2 is 1.57 bits per heavy atom. The minimum atomic E-state index is 0.678. The third-order valence-corrected chi connectivity index (χ3v) is 3.64. The summed E-state index contributed by atoms with van der Waals surface area (Å²) in [6.45, 7) is 1.65. The zero-order valence-corrected chi connectivity index (χ0v) is 12.6. The van der Waals surface area contributed by atoms with E-state index in [2.05, 4.69) is 18.0 Å². The molecule has 2 aromatic rings. The Kier molecular flexibility index (Phi) is 3.71. The van der Waals surface area contributed by atoms with Crippen LogP contribution in [0.4, 0.5) is 0 Å². The van der Waals surface area contributed by atoms with Crippen LogP contribution < -0.4 is 14.2 Å². The fourth-order valence-corrected chi connectivity index (χ4v) is 2.61. The number of hydrogen-bond donors (Lipinski definition) is 0. The zero-order valence-electron chi connectivity index (χ0n) is 12.6. The van der Waals surface area contributed by atoms with E-state index >= 15 is 0 Å². The second-order valence-corrected chi connectivity index (χ2v) is 5.20. The molecule has 0 amide bonds. The van der Waals surface area contributed by atoms with E-state index in [1.807, 2.05) is 30.3 Å². The highest BCUT2D eigenvalue weighted by Gasteiger charge is 2.19. The number of methoxy groups -OCH3 is 2. The molecule has 4 heteroatoms. The van der Waals surface area contributed by atoms with Gasteiger partial charge in [0.2, 0.25) is 0 Å². The van der Waals surface area contributed by atoms with Gasteiger partial charge < -0.3 is 14.2 Å². The predicted molar refractivity (Wildman–Crippen MR) is 81.2 cm³/mol. The minimum absolute atomic E-state index is 0.678. The number of fused-ring (bicyclic) bond motifs is 2. The summed E-state index contributed by atoms with van der Waals surface area (Å²) in [6, 6.07) is 12.0. The van der Waals surface area contributed by atoms with Gasteiger partial charge in [-0.05, 0) is 19.2 Å². The summed E-state index contributed by atoms with van der Waals surface area (Å²) >= 11 is 0. The Morgan fingerprint density at radius 1 is 0.905 bits per heavy atom. The van der Waals surface area contributed by atoms with Crippen molar-refractivity contribution in [2.45, 2.75) is 13.1 Å². The monoisotopic (exact) mass is 285 g/mol. The first-order valence-corrected chi connectivity index (χ1v) is 6.90. The molecule has 0 saturated carbocycles. The number of benzene rings is 2. The van der Waals surface area contributed by atoms with Gasteiger partial charge in [-0.2, -0.15) is 0 Å². The van der Waals surface area contributed by atoms with Gasteiger partial charge in [0.25, 0.3) is 0 Å². The molecule has 1 heterocycles. The number of ether oxygens (including phenoxy) is 3. The Morgan fingerprint density at radius 3 is 2.33 bits per heavy atom. The Hall–Kier alpha value is -2.20. The molecule has 2 aromatic carbocycles. The molecule has 110 valence electrons. The molecular formula is C17H19NO3. The molecule has 0 N–H and O–H groups in total. The SMILES string of the molecule is COc1cc2c(cc1OC)Oc1ccccc1CN(C)C2. The molecule has 0 saturated heterocycles. The summed E-state index contributed by atoms with van der Waals surface area (Å²) in [5.74, 6) is 3.10. The lowest BCUT2D eigenvalue weighted by molar-refractivity contribution is 0.295. The lowest BCUT2D eigenvalue weighted by Crippen LogP contribution is -2.20. The average molecular weight is 285 g/mol. The largest absolute Gasteiger partial charge is 0.493 e. The van der Waals surface area contributed by atoms with E-state index in [-0.39, 0.29) is 0 Å². The quantitative estimate of drug-likeness (QED) is 0.845. The summed E-state index contributed by atoms with van der Waals surface area (Å²) < 4.78 is 16.9. The van der Waals surface area contributed by atoms with Crippen molar-refractivity contribution in [1.82, 2.24) is 4.90 Å². The van der Waals surface area contributed by atoms with Crippen molar-refractivity contribution in [3.8, 4) is 23.0 Å². The molecule has 0 bridgehead atoms. The van der Waals surface area contributed by atoms with Crippen LogP contribution in [0.1, 0.15) is 11.1 Å². The van der Waals surface area contributed by atoms with Crippen molar-refractivity contribution >= 4 is 0 Å². The normalized spacial score (nSPS) is 14.2. The molecule has 1 aliphatic heterocycles. The van der Waals surface area contributed by atoms with E-state index in [0.29, 0.717) is 5.75 Å². The first-order valence-electron chi connectivity index (χ1n) is 6.90. The van der Waals surface area contributed by atoms with E-state index in [0.717, 1.165) is 35.9 Å². The third kappa shape index (κ3) is 2.67. The van der Waals surface area contributed by atoms with Gasteiger partial charge in [0.05, 0.1) is 14.2 Å². The van der Waals surface area contributed by atoms with Crippen LogP contribution in [-0.2, 0) is 13.1 Å². The van der Waals surface area contributed by atoms with Gasteiger partial charge >= 0.3 is 0 Å². The molecule has 3 rings (SSSR count). The highest BCUT2D eigenvalue weighted by molar-refractivity contribution is 5.53. The molecule has 0 radical (unpaired) electrons. The molecule has 0 unspecified atom stereocenters. The lowest BCUT2D eigenvalue weighted by atomic mass is 10.1. The molecular weight excluding hydrogens is 266 g/mol. The van der Waals surface area contributed by atoms with Crippen molar-refractivity contribution in [3.63, 3.8) is 0 Å². The highest BCUT2D eigenvalue weighted by atomic mass is 16.5. The fourth-order valence-electron chi connectivity index (χ4n) is 2.61. The maximum Gasteiger partial charge on any atom is 0.164 e. The van der Waals surface area contributed by atoms with Gasteiger partial charge in [-0.15, -0.1) is 0 Å². The first kappa shape index (κ1) is 13.8. The molecule has 4 nitrogen and oxygen atoms in total. The molecule has 0 aromatic heterocycles. The number of nitrogens with zero attached hydrogens (tertiary/aromatic N) is 1. The summed E-state index contributed by atoms with van der Waals surface area (Å²) in [6.07, 6.45) is 0. The van der Waals surface area contributed by atoms with Crippen LogP contribution >= 0.6 is 0 Å². The van der Waals surface area contributed by atoms with E-state index in [1.54, 1.807) is 14.2 Å². The third-order valence-electron chi connectivity index (χ3n) is 3.64. The van der Waals surface area contributed by atoms with Gasteiger partial charge in [0.1, 0.15) is 11.5 Å². The van der Waals surface area contributed by atoms with E-state index in [1.165, 1.54) is 5.56 Å². The van der Waals surface area contributed by atoms with Gasteiger partial charge in [0, 0.05) is 30.3 Å². The van der Waals surface area contributed by atoms with Crippen molar-refractivity contribution in [1.29, 1.82) is 0 Å². The van der Waals surface area contributed by atoms with Crippen LogP contribution in [0, 0.1) is 0 Å². The first-order chi connectivity index (χ1) is 10.2. The lowest BCUT2D eigenvalue weighted by Gasteiger charge is -2.25. The van der Waals surface area contributed by atoms with Gasteiger partial charge in [-0.3, -0.25) is 4.90 Å². The molecule has 21 heavy (non-hydrogen) atoms. The Bertz CT molecular complexity index is 654. The van der Waals surface area contributed by atoms with Gasteiger partial charge in [-0.1, -0.05) is 18.2 Å². The molecule has 0 atom stereocenters. The molecule has 0 spiro atoms. The second-order valence-electron chi connectivity index (χ2n) is 5.20. The topological polar surface area (TPSA) is 30.9 Å². The number of rotatable bonds is 2. The highest BCUT2D eigenvalue weighted by Crippen LogP contribution is 2.39. The smallest absolute Gasteiger partial charge is 0.164 e. The summed E-state index contributed by atoms with van der Waals surface area (Å²) in [4.78, 5) is 2.26. The van der Waals surface area contributed by atoms with E-state index < -0.39 is 0 Å². The maximum absolute atomic E-state index is 6.11. The fraction of sp³-hybridized carbons (Fsp3) is 0.294. The average Bonchev–Trinajstić information content (AvgIpc) is 2.48. The molecule has 1 aliphatic rings. The van der Waals surface area contributed by atoms with E-state index in [4.69, 9.17) is 14.2 Å². The van der Waals surface area contributed by atoms with Crippen LogP contribution in [-0.4, -0.2) is 26.2 Å². The Labute approximate surface area is 124 Å². The zero-order chi connectivity index (χ0) is 14.8. The minimum Gasteiger partial charge on any atom is -0.493 e. The number of hydrogen-bond acceptors (Lipinski definition) is 4. The van der Waals surface area contributed by atoms with Crippen molar-refractivity contribution in [3.05, 3.63) is 47.5 Å². The van der Waals surface area contributed by atoms with Crippen LogP contribution in [0.3, 0.4) is 0 Å². The van der Waals surface area contributed by atoms with Crippen molar-refractivity contribution < 1.29 is 14.2 Å². The van der Waals surface area contributed by atoms with E-state index in [9.17, 15) is 0 Å². The standard InChI is InChI=1S/C17H19NO3/c1-18-10-12-6-4-5-7-14(12)21-15-9-17(20-3)16(19-2)8-13(15)11-18/h4-9H,10-11H2,1-3H3. The summed E-state index contributed by atoms with van der Waals surface area (Å²) in [7, 11) is 5.38. The maximum atomic E-state index is 6.11. The predicted octanol–water partition coefficient (Wildman–Crippen LogP) is 3.44. The van der Waals surface area contributed by atoms with Gasteiger partial charge in [0.15, 0.2) is 11.5 Å².